The molecule has 0 spiro atoms. The molecule has 0 aromatic rings. The van der Waals surface area contributed by atoms with Crippen LogP contribution in [0.4, 0.5) is 0 Å². The summed E-state index contributed by atoms with van der Waals surface area (Å²) < 4.78 is 0. The van der Waals surface area contributed by atoms with Gasteiger partial charge >= 0.3 is 0 Å². The molecule has 0 fully saturated rings. The first-order valence-corrected chi connectivity index (χ1v) is 6.87. The number of hydrogen-bond donors (Lipinski definition) is 0. The fraction of sp³-hybridized carbons (Fsp3) is 0.933. The van der Waals surface area contributed by atoms with E-state index in [1.807, 2.05) is 0 Å². The molecule has 0 heterocycles. The molecule has 0 aromatic carbocycles. The molecule has 15 heavy (non-hydrogen) atoms. The van der Waals surface area contributed by atoms with Crippen molar-refractivity contribution in [3.8, 4) is 0 Å². The van der Waals surface area contributed by atoms with Gasteiger partial charge in [-0.3, -0.25) is 0 Å². The maximum absolute atomic E-state index is 2.38. The third-order valence-corrected chi connectivity index (χ3v) is 3.22. The molecule has 0 atom stereocenters. The first kappa shape index (κ1) is 15.0. The number of rotatable bonds is 8. The van der Waals surface area contributed by atoms with Crippen molar-refractivity contribution in [3.05, 3.63) is 5.92 Å². The highest BCUT2D eigenvalue weighted by molar-refractivity contribution is 5.00. The molecule has 0 nitrogen and oxygen atoms in total. The molecule has 0 saturated carbocycles. The Labute approximate surface area is 97.8 Å². The van der Waals surface area contributed by atoms with E-state index in [0.29, 0.717) is 5.41 Å². The van der Waals surface area contributed by atoms with E-state index in [9.17, 15) is 0 Å². The van der Waals surface area contributed by atoms with E-state index in [0.717, 1.165) is 0 Å². The van der Waals surface area contributed by atoms with Gasteiger partial charge in [0.15, 0.2) is 0 Å². The second kappa shape index (κ2) is 8.19. The van der Waals surface area contributed by atoms with Gasteiger partial charge in [-0.1, -0.05) is 73.1 Å². The van der Waals surface area contributed by atoms with Crippen LogP contribution in [0.2, 0.25) is 0 Å². The summed E-state index contributed by atoms with van der Waals surface area (Å²) >= 11 is 0. The molecule has 0 rings (SSSR count). The summed E-state index contributed by atoms with van der Waals surface area (Å²) in [6, 6.07) is 0. The third kappa shape index (κ3) is 7.88. The Bertz CT molecular complexity index is 119. The van der Waals surface area contributed by atoms with Crippen molar-refractivity contribution in [1.29, 1.82) is 0 Å². The summed E-state index contributed by atoms with van der Waals surface area (Å²) in [5, 5.41) is 0. The lowest BCUT2D eigenvalue weighted by atomic mass is 9.75. The van der Waals surface area contributed by atoms with Crippen molar-refractivity contribution < 1.29 is 0 Å². The molecule has 0 aliphatic carbocycles. The lowest BCUT2D eigenvalue weighted by Crippen LogP contribution is -2.18. The smallest absolute Gasteiger partial charge is 0.0187 e. The Morgan fingerprint density at radius 2 is 1.13 bits per heavy atom. The van der Waals surface area contributed by atoms with Gasteiger partial charge in [0.2, 0.25) is 0 Å². The molecule has 1 radical (unpaired) electrons. The van der Waals surface area contributed by atoms with Crippen LogP contribution in [0.3, 0.4) is 0 Å². The maximum Gasteiger partial charge on any atom is -0.0187 e. The van der Waals surface area contributed by atoms with E-state index in [-0.39, 0.29) is 0 Å². The Hall–Kier alpha value is 0. The van der Waals surface area contributed by atoms with Gasteiger partial charge in [0.05, 0.1) is 0 Å². The SMILES string of the molecule is CCCCC[C](CCCCC)C(C)(C)C. The standard InChI is InChI=1S/C15H31/c1-6-8-10-12-14(15(3,4)5)13-11-9-7-2/h6-13H2,1-5H3. The van der Waals surface area contributed by atoms with Gasteiger partial charge in [-0.15, -0.1) is 0 Å². The van der Waals surface area contributed by atoms with E-state index in [1.165, 1.54) is 51.4 Å². The highest BCUT2D eigenvalue weighted by atomic mass is 14.3. The van der Waals surface area contributed by atoms with Gasteiger partial charge < -0.3 is 0 Å². The average Bonchev–Trinajstić information content (AvgIpc) is 2.14. The van der Waals surface area contributed by atoms with Crippen LogP contribution < -0.4 is 0 Å². The molecular formula is C15H31. The molecular weight excluding hydrogens is 180 g/mol. The quantitative estimate of drug-likeness (QED) is 0.447. The summed E-state index contributed by atoms with van der Waals surface area (Å²) in [5.41, 5.74) is 0.432. The normalized spacial score (nSPS) is 12.4. The molecule has 0 amide bonds. The van der Waals surface area contributed by atoms with E-state index in [2.05, 4.69) is 34.6 Å². The predicted octanol–water partition coefficient (Wildman–Crippen LogP) is 5.77. The Morgan fingerprint density at radius 1 is 0.733 bits per heavy atom. The monoisotopic (exact) mass is 211 g/mol. The molecule has 91 valence electrons. The average molecular weight is 211 g/mol. The summed E-state index contributed by atoms with van der Waals surface area (Å²) in [5.74, 6) is 1.80. The minimum atomic E-state index is 0.432. The number of hydrogen-bond acceptors (Lipinski definition) is 0. The topological polar surface area (TPSA) is 0 Å². The molecule has 0 unspecified atom stereocenters. The molecule has 0 N–H and O–H groups in total. The molecule has 0 aromatic heterocycles. The Kier molecular flexibility index (Phi) is 8.19. The fourth-order valence-corrected chi connectivity index (χ4v) is 2.05. The largest absolute Gasteiger partial charge is 0.0654 e. The van der Waals surface area contributed by atoms with Gasteiger partial charge in [0, 0.05) is 0 Å². The van der Waals surface area contributed by atoms with Crippen LogP contribution in [0.5, 0.6) is 0 Å². The van der Waals surface area contributed by atoms with E-state index in [4.69, 9.17) is 0 Å². The van der Waals surface area contributed by atoms with Crippen molar-refractivity contribution in [2.45, 2.75) is 86.0 Å². The fourth-order valence-electron chi connectivity index (χ4n) is 2.05. The van der Waals surface area contributed by atoms with Crippen LogP contribution in [-0.2, 0) is 0 Å². The maximum atomic E-state index is 2.38. The van der Waals surface area contributed by atoms with Crippen molar-refractivity contribution in [2.24, 2.45) is 5.41 Å². The Balaban J connectivity index is 3.85. The van der Waals surface area contributed by atoms with Gasteiger partial charge in [-0.05, 0) is 24.2 Å². The van der Waals surface area contributed by atoms with Crippen LogP contribution in [0, 0.1) is 11.3 Å². The van der Waals surface area contributed by atoms with E-state index in [1.54, 1.807) is 5.92 Å². The van der Waals surface area contributed by atoms with Crippen molar-refractivity contribution in [3.63, 3.8) is 0 Å². The zero-order chi connectivity index (χ0) is 11.7. The molecule has 0 bridgehead atoms. The first-order valence-electron chi connectivity index (χ1n) is 6.87. The lowest BCUT2D eigenvalue weighted by molar-refractivity contribution is 0.368. The van der Waals surface area contributed by atoms with Gasteiger partial charge in [0.25, 0.3) is 0 Å². The minimum Gasteiger partial charge on any atom is -0.0654 e. The number of unbranched alkanes of at least 4 members (excludes halogenated alkanes) is 4. The second-order valence-electron chi connectivity index (χ2n) is 5.77. The van der Waals surface area contributed by atoms with Crippen molar-refractivity contribution >= 4 is 0 Å². The van der Waals surface area contributed by atoms with Crippen LogP contribution in [0.25, 0.3) is 0 Å². The van der Waals surface area contributed by atoms with Crippen molar-refractivity contribution in [1.82, 2.24) is 0 Å². The zero-order valence-electron chi connectivity index (χ0n) is 11.7. The van der Waals surface area contributed by atoms with Crippen molar-refractivity contribution in [2.75, 3.05) is 0 Å². The van der Waals surface area contributed by atoms with E-state index >= 15 is 0 Å². The van der Waals surface area contributed by atoms with Gasteiger partial charge in [0.1, 0.15) is 0 Å². The highest BCUT2D eigenvalue weighted by Gasteiger charge is 2.23. The first-order chi connectivity index (χ1) is 7.02. The highest BCUT2D eigenvalue weighted by Crippen LogP contribution is 2.36. The van der Waals surface area contributed by atoms with Crippen LogP contribution >= 0.6 is 0 Å². The predicted molar refractivity (Wildman–Crippen MR) is 71.0 cm³/mol. The molecule has 0 heteroatoms. The van der Waals surface area contributed by atoms with Crippen LogP contribution in [-0.4, -0.2) is 0 Å². The van der Waals surface area contributed by atoms with Gasteiger partial charge in [-0.25, -0.2) is 0 Å². The summed E-state index contributed by atoms with van der Waals surface area (Å²) in [6.07, 6.45) is 11.0. The lowest BCUT2D eigenvalue weighted by Gasteiger charge is -2.30. The minimum absolute atomic E-state index is 0.432. The van der Waals surface area contributed by atoms with E-state index < -0.39 is 0 Å². The molecule has 0 saturated heterocycles. The second-order valence-corrected chi connectivity index (χ2v) is 5.77. The zero-order valence-corrected chi connectivity index (χ0v) is 11.7. The summed E-state index contributed by atoms with van der Waals surface area (Å²) in [4.78, 5) is 0. The van der Waals surface area contributed by atoms with Gasteiger partial charge in [-0.2, -0.15) is 0 Å². The molecule has 0 aliphatic rings. The Morgan fingerprint density at radius 3 is 1.40 bits per heavy atom. The van der Waals surface area contributed by atoms with Crippen LogP contribution in [0.15, 0.2) is 0 Å². The summed E-state index contributed by atoms with van der Waals surface area (Å²) in [6.45, 7) is 11.7. The molecule has 0 aliphatic heterocycles. The van der Waals surface area contributed by atoms with Crippen LogP contribution in [0.1, 0.15) is 86.0 Å². The summed E-state index contributed by atoms with van der Waals surface area (Å²) in [7, 11) is 0. The third-order valence-electron chi connectivity index (χ3n) is 3.22.